The number of aromatic nitrogens is 2. The number of nitrogens with zero attached hydrogens (tertiary/aromatic N) is 2. The summed E-state index contributed by atoms with van der Waals surface area (Å²) in [5, 5.41) is 21.2. The molecule has 0 bridgehead atoms. The SMILES string of the molecule is NS(=O)(=O)c1ccc(Nc2ncc(Br)c(NC3(CO)CCCC3)n2)cc1. The van der Waals surface area contributed by atoms with Gasteiger partial charge in [0, 0.05) is 11.9 Å². The minimum Gasteiger partial charge on any atom is -0.394 e. The van der Waals surface area contributed by atoms with E-state index in [0.29, 0.717) is 21.9 Å². The number of sulfonamides is 1. The van der Waals surface area contributed by atoms with Gasteiger partial charge in [0.05, 0.1) is 21.5 Å². The van der Waals surface area contributed by atoms with Gasteiger partial charge in [0.15, 0.2) is 0 Å². The summed E-state index contributed by atoms with van der Waals surface area (Å²) in [6.45, 7) is 0.0429. The summed E-state index contributed by atoms with van der Waals surface area (Å²) in [5.41, 5.74) is 0.272. The van der Waals surface area contributed by atoms with Crippen molar-refractivity contribution in [3.63, 3.8) is 0 Å². The monoisotopic (exact) mass is 441 g/mol. The first-order valence-corrected chi connectivity index (χ1v) is 10.5. The van der Waals surface area contributed by atoms with E-state index in [1.165, 1.54) is 12.1 Å². The van der Waals surface area contributed by atoms with Gasteiger partial charge in [0.25, 0.3) is 0 Å². The summed E-state index contributed by atoms with van der Waals surface area (Å²) in [6.07, 6.45) is 5.53. The Bertz CT molecular complexity index is 883. The van der Waals surface area contributed by atoms with Crippen LogP contribution in [0.15, 0.2) is 39.8 Å². The Hall–Kier alpha value is -1.75. The lowest BCUT2D eigenvalue weighted by atomic mass is 9.99. The first kappa shape index (κ1) is 19.0. The maximum absolute atomic E-state index is 11.3. The third-order valence-corrected chi connectivity index (χ3v) is 5.94. The molecule has 1 fully saturated rings. The highest BCUT2D eigenvalue weighted by Crippen LogP contribution is 2.34. The Morgan fingerprint density at radius 1 is 1.23 bits per heavy atom. The van der Waals surface area contributed by atoms with E-state index in [-0.39, 0.29) is 17.0 Å². The number of nitrogens with two attached hydrogens (primary N) is 1. The van der Waals surface area contributed by atoms with E-state index in [9.17, 15) is 13.5 Å². The Morgan fingerprint density at radius 3 is 2.46 bits per heavy atom. The third-order valence-electron chi connectivity index (χ3n) is 4.43. The summed E-state index contributed by atoms with van der Waals surface area (Å²) in [5.74, 6) is 0.949. The van der Waals surface area contributed by atoms with E-state index < -0.39 is 10.0 Å². The molecule has 0 unspecified atom stereocenters. The van der Waals surface area contributed by atoms with E-state index in [2.05, 4.69) is 36.5 Å². The van der Waals surface area contributed by atoms with Crippen LogP contribution in [0.25, 0.3) is 0 Å². The van der Waals surface area contributed by atoms with Crippen LogP contribution in [0.1, 0.15) is 25.7 Å². The van der Waals surface area contributed by atoms with Crippen LogP contribution in [0.4, 0.5) is 17.5 Å². The highest BCUT2D eigenvalue weighted by molar-refractivity contribution is 9.10. The second kappa shape index (κ2) is 7.47. The fraction of sp³-hybridized carbons (Fsp3) is 0.375. The molecule has 1 aromatic carbocycles. The lowest BCUT2D eigenvalue weighted by Crippen LogP contribution is -2.39. The second-order valence-electron chi connectivity index (χ2n) is 6.36. The smallest absolute Gasteiger partial charge is 0.238 e. The summed E-state index contributed by atoms with van der Waals surface area (Å²) >= 11 is 3.43. The predicted octanol–water partition coefficient (Wildman–Crippen LogP) is 2.35. The fourth-order valence-electron chi connectivity index (χ4n) is 3.00. The zero-order valence-corrected chi connectivity index (χ0v) is 16.3. The quantitative estimate of drug-likeness (QED) is 0.540. The van der Waals surface area contributed by atoms with E-state index in [1.54, 1.807) is 18.3 Å². The zero-order chi connectivity index (χ0) is 18.8. The van der Waals surface area contributed by atoms with Gasteiger partial charge in [0.2, 0.25) is 16.0 Å². The van der Waals surface area contributed by atoms with Crippen LogP contribution in [-0.2, 0) is 10.0 Å². The number of benzene rings is 1. The van der Waals surface area contributed by atoms with Crippen LogP contribution in [0, 0.1) is 0 Å². The van der Waals surface area contributed by atoms with Crippen molar-refractivity contribution in [2.24, 2.45) is 5.14 Å². The number of halogens is 1. The molecule has 0 aliphatic heterocycles. The Morgan fingerprint density at radius 2 is 1.88 bits per heavy atom. The molecule has 1 aromatic heterocycles. The Labute approximate surface area is 160 Å². The molecule has 140 valence electrons. The summed E-state index contributed by atoms with van der Waals surface area (Å²) in [7, 11) is -3.73. The van der Waals surface area contributed by atoms with Gasteiger partial charge in [-0.1, -0.05) is 12.8 Å². The topological polar surface area (TPSA) is 130 Å². The normalized spacial score (nSPS) is 16.4. The number of nitrogens with one attached hydrogen (secondary N) is 2. The van der Waals surface area contributed by atoms with Crippen molar-refractivity contribution in [2.45, 2.75) is 36.1 Å². The third kappa shape index (κ3) is 4.32. The summed E-state index contributed by atoms with van der Waals surface area (Å²) < 4.78 is 23.3. The van der Waals surface area contributed by atoms with E-state index in [1.807, 2.05) is 0 Å². The van der Waals surface area contributed by atoms with E-state index in [4.69, 9.17) is 5.14 Å². The minimum atomic E-state index is -3.73. The van der Waals surface area contributed by atoms with E-state index >= 15 is 0 Å². The molecule has 0 saturated heterocycles. The van der Waals surface area contributed by atoms with Crippen LogP contribution in [0.5, 0.6) is 0 Å². The zero-order valence-electron chi connectivity index (χ0n) is 13.9. The van der Waals surface area contributed by atoms with Gasteiger partial charge in [0.1, 0.15) is 5.82 Å². The van der Waals surface area contributed by atoms with Crippen molar-refractivity contribution in [1.29, 1.82) is 0 Å². The van der Waals surface area contributed by atoms with Gasteiger partial charge in [-0.25, -0.2) is 18.5 Å². The molecule has 8 nitrogen and oxygen atoms in total. The molecule has 3 rings (SSSR count). The Balaban J connectivity index is 1.79. The average Bonchev–Trinajstić information content (AvgIpc) is 3.07. The molecule has 0 spiro atoms. The van der Waals surface area contributed by atoms with Crippen LogP contribution < -0.4 is 15.8 Å². The lowest BCUT2D eigenvalue weighted by Gasteiger charge is -2.29. The average molecular weight is 442 g/mol. The van der Waals surface area contributed by atoms with Gasteiger partial charge < -0.3 is 15.7 Å². The van der Waals surface area contributed by atoms with E-state index in [0.717, 1.165) is 25.7 Å². The number of anilines is 3. The minimum absolute atomic E-state index is 0.0354. The molecule has 1 saturated carbocycles. The molecule has 0 atom stereocenters. The fourth-order valence-corrected chi connectivity index (χ4v) is 3.80. The highest BCUT2D eigenvalue weighted by Gasteiger charge is 2.34. The van der Waals surface area contributed by atoms with Crippen molar-refractivity contribution in [2.75, 3.05) is 17.2 Å². The maximum Gasteiger partial charge on any atom is 0.238 e. The molecular formula is C16H20BrN5O3S. The summed E-state index contributed by atoms with van der Waals surface area (Å²) in [6, 6.07) is 6.00. The first-order chi connectivity index (χ1) is 12.3. The number of hydrogen-bond donors (Lipinski definition) is 4. The number of rotatable bonds is 6. The number of aliphatic hydroxyl groups excluding tert-OH is 1. The van der Waals surface area contributed by atoms with Gasteiger partial charge in [-0.2, -0.15) is 4.98 Å². The van der Waals surface area contributed by atoms with Crippen LogP contribution in [-0.4, -0.2) is 35.6 Å². The van der Waals surface area contributed by atoms with Crippen LogP contribution >= 0.6 is 15.9 Å². The van der Waals surface area contributed by atoms with Gasteiger partial charge in [-0.05, 0) is 53.0 Å². The Kier molecular flexibility index (Phi) is 5.47. The molecular weight excluding hydrogens is 422 g/mol. The molecule has 2 aromatic rings. The van der Waals surface area contributed by atoms with Crippen molar-refractivity contribution in [3.8, 4) is 0 Å². The standard InChI is InChI=1S/C16H20BrN5O3S/c17-13-9-19-15(20-11-3-5-12(6-4-11)26(18,24)25)21-14(13)22-16(10-23)7-1-2-8-16/h3-6,9,23H,1-2,7-8,10H2,(H2,18,24,25)(H2,19,20,21,22). The molecule has 0 amide bonds. The number of aliphatic hydroxyl groups is 1. The number of primary sulfonamides is 1. The molecule has 10 heteroatoms. The molecule has 0 radical (unpaired) electrons. The molecule has 1 heterocycles. The summed E-state index contributed by atoms with van der Waals surface area (Å²) in [4.78, 5) is 8.71. The van der Waals surface area contributed by atoms with Crippen LogP contribution in [0.2, 0.25) is 0 Å². The van der Waals surface area contributed by atoms with Crippen molar-refractivity contribution in [3.05, 3.63) is 34.9 Å². The highest BCUT2D eigenvalue weighted by atomic mass is 79.9. The predicted molar refractivity (Wildman–Crippen MR) is 103 cm³/mol. The molecule has 1 aliphatic rings. The van der Waals surface area contributed by atoms with Gasteiger partial charge >= 0.3 is 0 Å². The lowest BCUT2D eigenvalue weighted by molar-refractivity contribution is 0.213. The van der Waals surface area contributed by atoms with Crippen molar-refractivity contribution < 1.29 is 13.5 Å². The molecule has 1 aliphatic carbocycles. The largest absolute Gasteiger partial charge is 0.394 e. The number of hydrogen-bond acceptors (Lipinski definition) is 7. The first-order valence-electron chi connectivity index (χ1n) is 8.13. The van der Waals surface area contributed by atoms with Crippen LogP contribution in [0.3, 0.4) is 0 Å². The van der Waals surface area contributed by atoms with Gasteiger partial charge in [-0.3, -0.25) is 0 Å². The van der Waals surface area contributed by atoms with Crippen molar-refractivity contribution in [1.82, 2.24) is 9.97 Å². The van der Waals surface area contributed by atoms with Crippen molar-refractivity contribution >= 4 is 43.4 Å². The second-order valence-corrected chi connectivity index (χ2v) is 8.77. The molecule has 5 N–H and O–H groups in total. The molecule has 26 heavy (non-hydrogen) atoms. The van der Waals surface area contributed by atoms with Gasteiger partial charge in [-0.15, -0.1) is 0 Å². The maximum atomic E-state index is 11.3.